The predicted octanol–water partition coefficient (Wildman–Crippen LogP) is 8.87. The van der Waals surface area contributed by atoms with Crippen molar-refractivity contribution in [2.75, 3.05) is 0 Å². The SMILES string of the molecule is CCCCCc1c(C(C)O)nc(C(C)C)c(CO[Si](c2ccccc2)(c2ccccc2)C(C)(C)C)c1-c1ccc(F)cc1. The topological polar surface area (TPSA) is 42.4 Å². The quantitative estimate of drug-likeness (QED) is 0.131. The lowest BCUT2D eigenvalue weighted by atomic mass is 9.86. The zero-order valence-electron chi connectivity index (χ0n) is 27.0. The molecular formula is C38H48FNO2Si. The zero-order valence-corrected chi connectivity index (χ0v) is 28.0. The molecule has 4 rings (SSSR count). The molecule has 0 aliphatic rings. The molecule has 0 radical (unpaired) electrons. The molecule has 1 aromatic heterocycles. The fourth-order valence-corrected chi connectivity index (χ4v) is 10.9. The van der Waals surface area contributed by atoms with Gasteiger partial charge in [0.1, 0.15) is 5.82 Å². The summed E-state index contributed by atoms with van der Waals surface area (Å²) in [6.07, 6.45) is 3.24. The van der Waals surface area contributed by atoms with Gasteiger partial charge in [0.2, 0.25) is 0 Å². The Bertz CT molecular complexity index is 1420. The van der Waals surface area contributed by atoms with Crippen LogP contribution in [0.25, 0.3) is 11.1 Å². The van der Waals surface area contributed by atoms with Crippen LogP contribution in [0.3, 0.4) is 0 Å². The summed E-state index contributed by atoms with van der Waals surface area (Å²) in [7, 11) is -2.84. The maximum Gasteiger partial charge on any atom is 0.261 e. The van der Waals surface area contributed by atoms with Crippen LogP contribution in [0.1, 0.15) is 102 Å². The van der Waals surface area contributed by atoms with E-state index in [1.807, 2.05) is 12.1 Å². The van der Waals surface area contributed by atoms with Gasteiger partial charge in [-0.3, -0.25) is 4.98 Å². The van der Waals surface area contributed by atoms with Crippen LogP contribution in [0.2, 0.25) is 5.04 Å². The Kier molecular flexibility index (Phi) is 10.8. The highest BCUT2D eigenvalue weighted by Crippen LogP contribution is 2.41. The van der Waals surface area contributed by atoms with Crippen LogP contribution in [-0.2, 0) is 17.5 Å². The van der Waals surface area contributed by atoms with Crippen molar-refractivity contribution in [3.8, 4) is 11.1 Å². The van der Waals surface area contributed by atoms with Crippen molar-refractivity contribution in [3.63, 3.8) is 0 Å². The van der Waals surface area contributed by atoms with Crippen LogP contribution in [0.5, 0.6) is 0 Å². The Balaban J connectivity index is 2.01. The van der Waals surface area contributed by atoms with Crippen LogP contribution < -0.4 is 10.4 Å². The minimum Gasteiger partial charge on any atom is -0.403 e. The van der Waals surface area contributed by atoms with Gasteiger partial charge in [-0.25, -0.2) is 4.39 Å². The summed E-state index contributed by atoms with van der Waals surface area (Å²) in [4.78, 5) is 5.17. The largest absolute Gasteiger partial charge is 0.403 e. The van der Waals surface area contributed by atoms with Gasteiger partial charge in [-0.1, -0.05) is 127 Å². The van der Waals surface area contributed by atoms with Gasteiger partial charge in [0.25, 0.3) is 8.32 Å². The average Bonchev–Trinajstić information content (AvgIpc) is 2.98. The highest BCUT2D eigenvalue weighted by atomic mass is 28.4. The molecule has 1 unspecified atom stereocenters. The number of aliphatic hydroxyl groups is 1. The minimum absolute atomic E-state index is 0.0964. The summed E-state index contributed by atoms with van der Waals surface area (Å²) in [6, 6.07) is 28.1. The molecule has 1 N–H and O–H groups in total. The second-order valence-electron chi connectivity index (χ2n) is 13.0. The molecule has 43 heavy (non-hydrogen) atoms. The number of pyridine rings is 1. The highest BCUT2D eigenvalue weighted by molar-refractivity contribution is 6.99. The summed E-state index contributed by atoms with van der Waals surface area (Å²) in [5.41, 5.74) is 5.68. The predicted molar refractivity (Wildman–Crippen MR) is 180 cm³/mol. The summed E-state index contributed by atoms with van der Waals surface area (Å²) in [5.74, 6) is -0.172. The Labute approximate surface area is 259 Å². The molecule has 1 heterocycles. The summed E-state index contributed by atoms with van der Waals surface area (Å²) in [5, 5.41) is 13.3. The molecule has 1 atom stereocenters. The van der Waals surface area contributed by atoms with Crippen molar-refractivity contribution in [2.45, 2.75) is 97.8 Å². The maximum absolute atomic E-state index is 14.2. The number of aromatic nitrogens is 1. The zero-order chi connectivity index (χ0) is 31.2. The van der Waals surface area contributed by atoms with Crippen molar-refractivity contribution in [3.05, 3.63) is 113 Å². The maximum atomic E-state index is 14.2. The van der Waals surface area contributed by atoms with E-state index in [2.05, 4.69) is 102 Å². The number of hydrogen-bond acceptors (Lipinski definition) is 3. The third kappa shape index (κ3) is 7.00. The monoisotopic (exact) mass is 597 g/mol. The smallest absolute Gasteiger partial charge is 0.261 e. The van der Waals surface area contributed by atoms with Crippen molar-refractivity contribution < 1.29 is 13.9 Å². The van der Waals surface area contributed by atoms with Gasteiger partial charge < -0.3 is 9.53 Å². The van der Waals surface area contributed by atoms with E-state index in [0.29, 0.717) is 12.3 Å². The molecule has 5 heteroatoms. The first-order valence-corrected chi connectivity index (χ1v) is 17.7. The van der Waals surface area contributed by atoms with Gasteiger partial charge in [0.15, 0.2) is 0 Å². The average molecular weight is 598 g/mol. The van der Waals surface area contributed by atoms with E-state index in [9.17, 15) is 9.50 Å². The first-order valence-electron chi connectivity index (χ1n) is 15.8. The summed E-state index contributed by atoms with van der Waals surface area (Å²) in [6.45, 7) is 15.5. The first kappa shape index (κ1) is 32.8. The van der Waals surface area contributed by atoms with Gasteiger partial charge in [0.05, 0.1) is 18.4 Å². The second kappa shape index (κ2) is 14.1. The van der Waals surface area contributed by atoms with E-state index in [0.717, 1.165) is 53.6 Å². The van der Waals surface area contributed by atoms with Crippen molar-refractivity contribution in [2.24, 2.45) is 0 Å². The second-order valence-corrected chi connectivity index (χ2v) is 17.3. The number of halogens is 1. The Morgan fingerprint density at radius 2 is 1.35 bits per heavy atom. The fraction of sp³-hybridized carbons (Fsp3) is 0.395. The summed E-state index contributed by atoms with van der Waals surface area (Å²) >= 11 is 0. The molecule has 0 spiro atoms. The van der Waals surface area contributed by atoms with Crippen LogP contribution in [-0.4, -0.2) is 18.4 Å². The molecule has 0 amide bonds. The van der Waals surface area contributed by atoms with E-state index in [1.165, 1.54) is 22.5 Å². The minimum atomic E-state index is -2.84. The van der Waals surface area contributed by atoms with E-state index in [-0.39, 0.29) is 16.8 Å². The van der Waals surface area contributed by atoms with Crippen LogP contribution in [0.15, 0.2) is 84.9 Å². The Morgan fingerprint density at radius 3 is 1.81 bits per heavy atom. The third-order valence-electron chi connectivity index (χ3n) is 8.42. The lowest BCUT2D eigenvalue weighted by Gasteiger charge is -2.43. The Morgan fingerprint density at radius 1 is 0.791 bits per heavy atom. The summed E-state index contributed by atoms with van der Waals surface area (Å²) < 4.78 is 21.7. The van der Waals surface area contributed by atoms with E-state index < -0.39 is 14.4 Å². The molecule has 3 aromatic carbocycles. The lowest BCUT2D eigenvalue weighted by Crippen LogP contribution is -2.66. The Hall–Kier alpha value is -3.12. The molecule has 0 fully saturated rings. The van der Waals surface area contributed by atoms with Gasteiger partial charge in [-0.05, 0) is 69.9 Å². The normalized spacial score (nSPS) is 13.0. The number of benzene rings is 3. The van der Waals surface area contributed by atoms with Crippen LogP contribution in [0, 0.1) is 5.82 Å². The van der Waals surface area contributed by atoms with Gasteiger partial charge >= 0.3 is 0 Å². The first-order chi connectivity index (χ1) is 20.5. The number of unbranched alkanes of at least 4 members (excludes halogenated alkanes) is 2. The van der Waals surface area contributed by atoms with Gasteiger partial charge in [0, 0.05) is 11.3 Å². The van der Waals surface area contributed by atoms with Gasteiger partial charge in [-0.2, -0.15) is 0 Å². The molecule has 0 bridgehead atoms. The van der Waals surface area contributed by atoms with Crippen molar-refractivity contribution >= 4 is 18.7 Å². The fourth-order valence-electron chi connectivity index (χ4n) is 6.38. The molecule has 3 nitrogen and oxygen atoms in total. The van der Waals surface area contributed by atoms with Crippen LogP contribution in [0.4, 0.5) is 4.39 Å². The van der Waals surface area contributed by atoms with Crippen molar-refractivity contribution in [1.29, 1.82) is 0 Å². The highest BCUT2D eigenvalue weighted by Gasteiger charge is 2.50. The molecule has 0 aliphatic heterocycles. The van der Waals surface area contributed by atoms with Gasteiger partial charge in [-0.15, -0.1) is 0 Å². The van der Waals surface area contributed by atoms with E-state index >= 15 is 0 Å². The number of hydrogen-bond donors (Lipinski definition) is 1. The molecular weight excluding hydrogens is 550 g/mol. The molecule has 0 saturated heterocycles. The molecule has 0 saturated carbocycles. The molecule has 228 valence electrons. The number of nitrogens with zero attached hydrogens (tertiary/aromatic N) is 1. The van der Waals surface area contributed by atoms with Crippen molar-refractivity contribution in [1.82, 2.24) is 4.98 Å². The molecule has 0 aliphatic carbocycles. The van der Waals surface area contributed by atoms with E-state index in [1.54, 1.807) is 6.92 Å². The lowest BCUT2D eigenvalue weighted by molar-refractivity contribution is 0.192. The van der Waals surface area contributed by atoms with E-state index in [4.69, 9.17) is 9.41 Å². The standard InChI is InChI=1S/C38H48FNO2Si/c1-8-9-12-21-33-35(29-22-24-30(39)25-23-29)34(36(27(2)3)40-37(33)28(4)41)26-42-43(38(5,6)7,31-17-13-10-14-18-31)32-19-15-11-16-20-32/h10-11,13-20,22-25,27-28,41H,8-9,12,21,26H2,1-7H3. The van der Waals surface area contributed by atoms with Crippen LogP contribution >= 0.6 is 0 Å². The molecule has 4 aromatic rings. The number of aliphatic hydroxyl groups excluding tert-OH is 1. The number of rotatable bonds is 12. The third-order valence-corrected chi connectivity index (χ3v) is 13.4.